The molecule has 0 radical (unpaired) electrons. The Balaban J connectivity index is 1.30. The number of nitrogens with zero attached hydrogens (tertiary/aromatic N) is 4. The minimum absolute atomic E-state index is 0.237. The van der Waals surface area contributed by atoms with E-state index in [4.69, 9.17) is 14.2 Å². The summed E-state index contributed by atoms with van der Waals surface area (Å²) in [6, 6.07) is 0.452. The first-order valence-corrected chi connectivity index (χ1v) is 12.0. The first-order chi connectivity index (χ1) is 15.6. The quantitative estimate of drug-likeness (QED) is 0.732. The maximum atomic E-state index is 6.43. The van der Waals surface area contributed by atoms with Crippen molar-refractivity contribution in [1.29, 1.82) is 0 Å². The van der Waals surface area contributed by atoms with E-state index >= 15 is 0 Å². The Bertz CT molecular complexity index is 1040. The van der Waals surface area contributed by atoms with Crippen LogP contribution in [-0.2, 0) is 14.2 Å². The van der Waals surface area contributed by atoms with Gasteiger partial charge < -0.3 is 19.5 Å². The Morgan fingerprint density at radius 2 is 1.72 bits per heavy atom. The fraction of sp³-hybridized carbons (Fsp3) is 0.708. The third-order valence-corrected chi connectivity index (χ3v) is 7.14. The molecule has 2 saturated carbocycles. The van der Waals surface area contributed by atoms with Crippen LogP contribution in [0.25, 0.3) is 11.2 Å². The van der Waals surface area contributed by atoms with Gasteiger partial charge in [-0.2, -0.15) is 0 Å². The van der Waals surface area contributed by atoms with Crippen molar-refractivity contribution in [2.24, 2.45) is 5.92 Å². The van der Waals surface area contributed by atoms with Gasteiger partial charge in [-0.15, -0.1) is 0 Å². The molecule has 2 aromatic rings. The van der Waals surface area contributed by atoms with E-state index in [9.17, 15) is 0 Å². The van der Waals surface area contributed by atoms with Crippen LogP contribution in [0.5, 0.6) is 0 Å². The van der Waals surface area contributed by atoms with E-state index in [1.807, 2.05) is 18.4 Å². The van der Waals surface area contributed by atoms with Crippen LogP contribution in [0.3, 0.4) is 0 Å². The lowest BCUT2D eigenvalue weighted by molar-refractivity contribution is -0.190. The first kappa shape index (κ1) is 20.4. The zero-order valence-electron chi connectivity index (χ0n) is 18.8. The van der Waals surface area contributed by atoms with Crippen LogP contribution in [0.1, 0.15) is 71.4 Å². The highest BCUT2D eigenvalue weighted by Crippen LogP contribution is 2.44. The number of anilines is 1. The molecule has 8 nitrogen and oxygen atoms in total. The highest BCUT2D eigenvalue weighted by molar-refractivity contribution is 5.82. The molecule has 1 N–H and O–H groups in total. The summed E-state index contributed by atoms with van der Waals surface area (Å²) in [4.78, 5) is 13.7. The van der Waals surface area contributed by atoms with E-state index < -0.39 is 12.0 Å². The first-order valence-electron chi connectivity index (χ1n) is 12.0. The van der Waals surface area contributed by atoms with Gasteiger partial charge in [-0.05, 0) is 39.5 Å². The predicted octanol–water partition coefficient (Wildman–Crippen LogP) is 3.79. The van der Waals surface area contributed by atoms with Crippen LogP contribution in [-0.4, -0.2) is 49.7 Å². The summed E-state index contributed by atoms with van der Waals surface area (Å²) in [5.74, 6) is 7.40. The molecule has 0 aromatic carbocycles. The smallest absolute Gasteiger partial charge is 0.167 e. The molecule has 2 aliphatic heterocycles. The Hall–Kier alpha value is -2.21. The van der Waals surface area contributed by atoms with Crippen molar-refractivity contribution in [2.75, 3.05) is 5.32 Å². The van der Waals surface area contributed by atoms with Gasteiger partial charge in [0.05, 0.1) is 6.33 Å². The second-order valence-electron chi connectivity index (χ2n) is 9.95. The molecule has 0 bridgehead atoms. The van der Waals surface area contributed by atoms with Crippen molar-refractivity contribution in [2.45, 2.75) is 102 Å². The summed E-state index contributed by atoms with van der Waals surface area (Å²) in [6.07, 6.45) is 11.9. The molecule has 6 rings (SSSR count). The molecule has 4 heterocycles. The summed E-state index contributed by atoms with van der Waals surface area (Å²) in [5, 5.41) is 3.56. The van der Waals surface area contributed by atoms with Crippen LogP contribution >= 0.6 is 0 Å². The van der Waals surface area contributed by atoms with Gasteiger partial charge in [0.15, 0.2) is 29.0 Å². The third-order valence-electron chi connectivity index (χ3n) is 7.14. The number of imidazole rings is 1. The number of hydrogen-bond acceptors (Lipinski definition) is 7. The lowest BCUT2D eigenvalue weighted by atomic mass is 10.1. The van der Waals surface area contributed by atoms with Gasteiger partial charge in [0.2, 0.25) is 0 Å². The number of aromatic nitrogens is 4. The van der Waals surface area contributed by atoms with Crippen LogP contribution in [0.15, 0.2) is 12.7 Å². The average molecular weight is 438 g/mol. The second kappa shape index (κ2) is 7.98. The monoisotopic (exact) mass is 437 g/mol. The van der Waals surface area contributed by atoms with E-state index in [0.717, 1.165) is 17.0 Å². The molecule has 32 heavy (non-hydrogen) atoms. The van der Waals surface area contributed by atoms with Crippen molar-refractivity contribution in [1.82, 2.24) is 19.5 Å². The Labute approximate surface area is 188 Å². The van der Waals surface area contributed by atoms with Crippen molar-refractivity contribution >= 4 is 17.0 Å². The Kier molecular flexibility index (Phi) is 5.09. The third kappa shape index (κ3) is 3.66. The molecule has 2 aromatic heterocycles. The topological polar surface area (TPSA) is 83.3 Å². The fourth-order valence-corrected chi connectivity index (χ4v) is 5.59. The van der Waals surface area contributed by atoms with Crippen LogP contribution < -0.4 is 5.32 Å². The maximum Gasteiger partial charge on any atom is 0.167 e. The minimum atomic E-state index is -0.675. The number of rotatable bonds is 3. The largest absolute Gasteiger partial charge is 0.365 e. The minimum Gasteiger partial charge on any atom is -0.365 e. The van der Waals surface area contributed by atoms with Gasteiger partial charge in [-0.25, -0.2) is 15.0 Å². The normalized spacial score (nSPS) is 32.3. The zero-order chi connectivity index (χ0) is 21.7. The molecular formula is C24H31N5O3. The highest BCUT2D eigenvalue weighted by atomic mass is 16.8. The van der Waals surface area contributed by atoms with Gasteiger partial charge in [0.1, 0.15) is 24.6 Å². The molecule has 0 unspecified atom stereocenters. The molecule has 170 valence electrons. The molecule has 2 aliphatic carbocycles. The predicted molar refractivity (Wildman–Crippen MR) is 119 cm³/mol. The van der Waals surface area contributed by atoms with Gasteiger partial charge in [0, 0.05) is 12.0 Å². The zero-order valence-corrected chi connectivity index (χ0v) is 18.8. The lowest BCUT2D eigenvalue weighted by Gasteiger charge is -2.23. The molecule has 2 saturated heterocycles. The lowest BCUT2D eigenvalue weighted by Crippen LogP contribution is -2.28. The van der Waals surface area contributed by atoms with E-state index in [2.05, 4.69) is 32.1 Å². The van der Waals surface area contributed by atoms with Crippen molar-refractivity contribution in [3.63, 3.8) is 0 Å². The second-order valence-corrected chi connectivity index (χ2v) is 9.95. The van der Waals surface area contributed by atoms with E-state index in [1.165, 1.54) is 51.4 Å². The molecule has 8 heteroatoms. The molecule has 4 atom stereocenters. The van der Waals surface area contributed by atoms with Crippen molar-refractivity contribution < 1.29 is 14.2 Å². The van der Waals surface area contributed by atoms with E-state index in [1.54, 1.807) is 12.7 Å². The Morgan fingerprint density at radius 3 is 2.53 bits per heavy atom. The van der Waals surface area contributed by atoms with Gasteiger partial charge in [-0.3, -0.25) is 4.57 Å². The number of fused-ring (bicyclic) bond motifs is 2. The number of ether oxygens (including phenoxy) is 3. The van der Waals surface area contributed by atoms with Gasteiger partial charge >= 0.3 is 0 Å². The molecular weight excluding hydrogens is 406 g/mol. The maximum absolute atomic E-state index is 6.43. The fourth-order valence-electron chi connectivity index (χ4n) is 5.59. The van der Waals surface area contributed by atoms with Crippen molar-refractivity contribution in [3.05, 3.63) is 12.7 Å². The SMILES string of the molecule is CC1(C)O[C@@H]2[C@H](O1)[C@@H](C#CC1CCCC1)O[C@H]2n1cnc2c(NC3CCCC3)ncnc21. The van der Waals surface area contributed by atoms with Crippen LogP contribution in [0.2, 0.25) is 0 Å². The molecule has 4 aliphatic rings. The summed E-state index contributed by atoms with van der Waals surface area (Å²) < 4.78 is 20.9. The summed E-state index contributed by atoms with van der Waals surface area (Å²) >= 11 is 0. The van der Waals surface area contributed by atoms with Crippen LogP contribution in [0, 0.1) is 17.8 Å². The highest BCUT2D eigenvalue weighted by Gasteiger charge is 2.56. The number of hydrogen-bond donors (Lipinski definition) is 1. The van der Waals surface area contributed by atoms with E-state index in [0.29, 0.717) is 12.0 Å². The summed E-state index contributed by atoms with van der Waals surface area (Å²) in [7, 11) is 0. The molecule has 0 amide bonds. The van der Waals surface area contributed by atoms with Gasteiger partial charge in [0.25, 0.3) is 0 Å². The molecule has 0 spiro atoms. The van der Waals surface area contributed by atoms with Gasteiger partial charge in [-0.1, -0.05) is 37.5 Å². The summed E-state index contributed by atoms with van der Waals surface area (Å²) in [6.45, 7) is 3.89. The standard InChI is InChI=1S/C24H31N5O3/c1-24(2)31-19-17(12-11-15-7-3-4-8-15)30-23(20(19)32-24)29-14-27-18-21(25-13-26-22(18)29)28-16-9-5-6-10-16/h13-17,19-20,23H,3-10H2,1-2H3,(H,25,26,28)/t17-,19-,20-,23-/m1/s1. The number of nitrogens with one attached hydrogen (secondary N) is 1. The van der Waals surface area contributed by atoms with Crippen molar-refractivity contribution in [3.8, 4) is 11.8 Å². The van der Waals surface area contributed by atoms with Crippen LogP contribution in [0.4, 0.5) is 5.82 Å². The average Bonchev–Trinajstić information content (AvgIpc) is 3.56. The van der Waals surface area contributed by atoms with E-state index in [-0.39, 0.29) is 18.3 Å². The molecule has 4 fully saturated rings. The summed E-state index contributed by atoms with van der Waals surface area (Å²) in [5.41, 5.74) is 1.50. The Morgan fingerprint density at radius 1 is 0.969 bits per heavy atom.